The van der Waals surface area contributed by atoms with E-state index in [1.54, 1.807) is 0 Å². The summed E-state index contributed by atoms with van der Waals surface area (Å²) in [7, 11) is 0. The van der Waals surface area contributed by atoms with Gasteiger partial charge in [0, 0.05) is 12.8 Å². The average molecular weight is 1090 g/mol. The zero-order valence-electron chi connectivity index (χ0n) is 52.5. The first-order chi connectivity index (χ1) is 38.0. The number of nitrogens with one attached hydrogen (secondary N) is 1. The number of ether oxygens (including phenoxy) is 1. The third kappa shape index (κ3) is 63.6. The fraction of sp³-hybridized carbons (Fsp3) is 0.944. The second kappa shape index (κ2) is 67.1. The van der Waals surface area contributed by atoms with Gasteiger partial charge in [0.15, 0.2) is 0 Å². The largest absolute Gasteiger partial charge is 0.466 e. The lowest BCUT2D eigenvalue weighted by Crippen LogP contribution is -2.45. The van der Waals surface area contributed by atoms with E-state index in [1.165, 1.54) is 334 Å². The molecule has 0 aromatic heterocycles. The van der Waals surface area contributed by atoms with Gasteiger partial charge in [-0.25, -0.2) is 0 Å². The van der Waals surface area contributed by atoms with E-state index >= 15 is 0 Å². The summed E-state index contributed by atoms with van der Waals surface area (Å²) in [4.78, 5) is 24.6. The normalized spacial score (nSPS) is 12.5. The number of hydrogen-bond donors (Lipinski definition) is 3. The lowest BCUT2D eigenvalue weighted by Gasteiger charge is -2.22. The summed E-state index contributed by atoms with van der Waals surface area (Å²) in [5.41, 5.74) is 0. The standard InChI is InChI=1S/C71H139NO5/c1-3-5-7-9-11-13-15-17-19-21-22-23-26-29-32-35-39-43-47-51-55-59-63-69(74)68(67-73)72-70(75)64-60-56-52-48-44-40-36-33-30-27-24-25-28-31-34-38-42-46-50-54-58-62-66-77-71(76)65-61-57-53-49-45-41-37-20-18-16-14-12-10-8-6-4-2/h27,30,68-69,73-74H,3-26,28-29,31-67H2,1-2H3,(H,72,75)/b30-27-. The summed E-state index contributed by atoms with van der Waals surface area (Å²) in [5, 5.41) is 23.4. The Morgan fingerprint density at radius 3 is 0.922 bits per heavy atom. The number of unbranched alkanes of at least 4 members (excludes halogenated alkanes) is 54. The molecule has 0 rings (SSSR count). The molecule has 0 aliphatic rings. The molecule has 2 atom stereocenters. The molecule has 0 bridgehead atoms. The van der Waals surface area contributed by atoms with Crippen molar-refractivity contribution in [1.29, 1.82) is 0 Å². The van der Waals surface area contributed by atoms with Crippen LogP contribution in [0.1, 0.15) is 406 Å². The molecular weight excluding hydrogens is 947 g/mol. The van der Waals surface area contributed by atoms with Crippen LogP contribution in [0.3, 0.4) is 0 Å². The minimum absolute atomic E-state index is 0.0147. The van der Waals surface area contributed by atoms with Crippen molar-refractivity contribution in [3.63, 3.8) is 0 Å². The van der Waals surface area contributed by atoms with Crippen molar-refractivity contribution in [2.24, 2.45) is 0 Å². The summed E-state index contributed by atoms with van der Waals surface area (Å²) in [6, 6.07) is -0.547. The zero-order valence-corrected chi connectivity index (χ0v) is 52.5. The monoisotopic (exact) mass is 1090 g/mol. The van der Waals surface area contributed by atoms with Gasteiger partial charge in [-0.2, -0.15) is 0 Å². The Bertz CT molecular complexity index is 1160. The molecule has 0 heterocycles. The molecule has 0 aromatic rings. The molecule has 2 unspecified atom stereocenters. The van der Waals surface area contributed by atoms with Gasteiger partial charge in [0.25, 0.3) is 0 Å². The van der Waals surface area contributed by atoms with Crippen LogP contribution in [-0.2, 0) is 14.3 Å². The third-order valence-electron chi connectivity index (χ3n) is 16.8. The van der Waals surface area contributed by atoms with Crippen LogP contribution in [0.25, 0.3) is 0 Å². The number of carbonyl (C=O) groups excluding carboxylic acids is 2. The molecule has 0 radical (unpaired) electrons. The molecule has 6 heteroatoms. The van der Waals surface area contributed by atoms with Gasteiger partial charge in [-0.05, 0) is 51.4 Å². The Balaban J connectivity index is 3.40. The van der Waals surface area contributed by atoms with Crippen LogP contribution in [-0.4, -0.2) is 47.4 Å². The molecule has 77 heavy (non-hydrogen) atoms. The minimum atomic E-state index is -0.669. The highest BCUT2D eigenvalue weighted by molar-refractivity contribution is 5.76. The molecule has 0 aromatic carbocycles. The van der Waals surface area contributed by atoms with Gasteiger partial charge in [-0.15, -0.1) is 0 Å². The summed E-state index contributed by atoms with van der Waals surface area (Å²) < 4.78 is 5.50. The maximum Gasteiger partial charge on any atom is 0.305 e. The lowest BCUT2D eigenvalue weighted by atomic mass is 10.0. The van der Waals surface area contributed by atoms with Crippen molar-refractivity contribution in [3.05, 3.63) is 12.2 Å². The van der Waals surface area contributed by atoms with E-state index in [0.717, 1.165) is 38.5 Å². The first kappa shape index (κ1) is 75.6. The Labute approximate surface area is 482 Å². The van der Waals surface area contributed by atoms with Crippen molar-refractivity contribution >= 4 is 11.9 Å². The van der Waals surface area contributed by atoms with E-state index in [-0.39, 0.29) is 18.5 Å². The third-order valence-corrected chi connectivity index (χ3v) is 16.8. The van der Waals surface area contributed by atoms with E-state index in [4.69, 9.17) is 4.74 Å². The van der Waals surface area contributed by atoms with Gasteiger partial charge in [-0.3, -0.25) is 9.59 Å². The molecule has 0 saturated carbocycles. The Morgan fingerprint density at radius 1 is 0.351 bits per heavy atom. The van der Waals surface area contributed by atoms with Gasteiger partial charge >= 0.3 is 5.97 Å². The maximum absolute atomic E-state index is 12.5. The molecule has 0 aliphatic heterocycles. The topological polar surface area (TPSA) is 95.9 Å². The molecule has 0 spiro atoms. The molecule has 1 amide bonds. The number of allylic oxidation sites excluding steroid dienone is 2. The Kier molecular flexibility index (Phi) is 65.9. The average Bonchev–Trinajstić information content (AvgIpc) is 3.43. The van der Waals surface area contributed by atoms with Crippen molar-refractivity contribution in [3.8, 4) is 0 Å². The number of rotatable bonds is 67. The van der Waals surface area contributed by atoms with Gasteiger partial charge < -0.3 is 20.3 Å². The number of hydrogen-bond acceptors (Lipinski definition) is 5. The van der Waals surface area contributed by atoms with E-state index in [1.807, 2.05) is 0 Å². The van der Waals surface area contributed by atoms with E-state index in [2.05, 4.69) is 31.3 Å². The maximum atomic E-state index is 12.5. The van der Waals surface area contributed by atoms with Crippen LogP contribution >= 0.6 is 0 Å². The SMILES string of the molecule is CCCCCCCCCCCCCCCCCCCCCCCCC(O)C(CO)NC(=O)CCCCCCCCC/C=C\CCCCCCCCCCCCCOC(=O)CCCCCCCCCCCCCCCCCC. The van der Waals surface area contributed by atoms with Gasteiger partial charge in [0.1, 0.15) is 0 Å². The minimum Gasteiger partial charge on any atom is -0.466 e. The molecule has 6 nitrogen and oxygen atoms in total. The number of amides is 1. The van der Waals surface area contributed by atoms with Crippen LogP contribution in [0.2, 0.25) is 0 Å². The molecule has 0 aliphatic carbocycles. The predicted octanol–water partition coefficient (Wildman–Crippen LogP) is 22.8. The number of esters is 1. The number of aliphatic hydroxyl groups is 2. The van der Waals surface area contributed by atoms with Crippen molar-refractivity contribution in [1.82, 2.24) is 5.32 Å². The van der Waals surface area contributed by atoms with Crippen molar-refractivity contribution in [2.75, 3.05) is 13.2 Å². The number of carbonyl (C=O) groups is 2. The van der Waals surface area contributed by atoms with Crippen molar-refractivity contribution in [2.45, 2.75) is 418 Å². The Hall–Kier alpha value is -1.40. The van der Waals surface area contributed by atoms with E-state index in [9.17, 15) is 19.8 Å². The zero-order chi connectivity index (χ0) is 55.7. The summed E-state index contributed by atoms with van der Waals surface area (Å²) >= 11 is 0. The van der Waals surface area contributed by atoms with Crippen LogP contribution in [0.4, 0.5) is 0 Å². The molecule has 0 fully saturated rings. The quantitative estimate of drug-likeness (QED) is 0.0320. The molecule has 0 saturated heterocycles. The van der Waals surface area contributed by atoms with Crippen LogP contribution in [0.15, 0.2) is 12.2 Å². The van der Waals surface area contributed by atoms with Crippen LogP contribution in [0.5, 0.6) is 0 Å². The fourth-order valence-corrected chi connectivity index (χ4v) is 11.4. The second-order valence-corrected chi connectivity index (χ2v) is 24.6. The van der Waals surface area contributed by atoms with E-state index < -0.39 is 12.1 Å². The van der Waals surface area contributed by atoms with Gasteiger partial charge in [-0.1, -0.05) is 353 Å². The molecule has 458 valence electrons. The Morgan fingerprint density at radius 2 is 0.610 bits per heavy atom. The lowest BCUT2D eigenvalue weighted by molar-refractivity contribution is -0.143. The highest BCUT2D eigenvalue weighted by atomic mass is 16.5. The smallest absolute Gasteiger partial charge is 0.305 e. The van der Waals surface area contributed by atoms with Crippen molar-refractivity contribution < 1.29 is 24.5 Å². The highest BCUT2D eigenvalue weighted by Crippen LogP contribution is 2.19. The fourth-order valence-electron chi connectivity index (χ4n) is 11.4. The van der Waals surface area contributed by atoms with E-state index in [0.29, 0.717) is 25.9 Å². The first-order valence-electron chi connectivity index (χ1n) is 35.4. The van der Waals surface area contributed by atoms with Gasteiger partial charge in [0.05, 0.1) is 25.4 Å². The highest BCUT2D eigenvalue weighted by Gasteiger charge is 2.20. The predicted molar refractivity (Wildman–Crippen MR) is 338 cm³/mol. The van der Waals surface area contributed by atoms with Crippen LogP contribution < -0.4 is 5.32 Å². The summed E-state index contributed by atoms with van der Waals surface area (Å²) in [6.07, 6.45) is 82.5. The summed E-state index contributed by atoms with van der Waals surface area (Å²) in [5.74, 6) is -0.0223. The summed E-state index contributed by atoms with van der Waals surface area (Å²) in [6.45, 7) is 5.00. The van der Waals surface area contributed by atoms with Gasteiger partial charge in [0.2, 0.25) is 5.91 Å². The molecular formula is C71H139NO5. The second-order valence-electron chi connectivity index (χ2n) is 24.6. The molecule has 3 N–H and O–H groups in total. The first-order valence-corrected chi connectivity index (χ1v) is 35.4. The number of aliphatic hydroxyl groups excluding tert-OH is 2. The van der Waals surface area contributed by atoms with Crippen LogP contribution in [0, 0.1) is 0 Å².